The molecule has 3 aromatic rings. The molecule has 2 aromatic heterocycles. The minimum absolute atomic E-state index is 0.182. The van der Waals surface area contributed by atoms with Crippen LogP contribution in [0.2, 0.25) is 0 Å². The van der Waals surface area contributed by atoms with Gasteiger partial charge >= 0.3 is 0 Å². The van der Waals surface area contributed by atoms with Crippen molar-refractivity contribution in [2.75, 3.05) is 5.32 Å². The Morgan fingerprint density at radius 3 is 2.82 bits per heavy atom. The Labute approximate surface area is 166 Å². The quantitative estimate of drug-likeness (QED) is 0.641. The number of aromatic nitrogens is 2. The topological polar surface area (TPSA) is 84.1 Å². The van der Waals surface area contributed by atoms with Gasteiger partial charge in [0.1, 0.15) is 12.3 Å². The second-order valence-electron chi connectivity index (χ2n) is 6.75. The molecule has 1 aliphatic rings. The Balaban J connectivity index is 1.42. The molecule has 7 heteroatoms. The number of thiazole rings is 1. The molecule has 0 saturated carbocycles. The summed E-state index contributed by atoms with van der Waals surface area (Å²) in [6.45, 7) is 0.292. The average Bonchev–Trinajstić information content (AvgIpc) is 2.95. The lowest BCUT2D eigenvalue weighted by atomic mass is 10.2. The van der Waals surface area contributed by atoms with Gasteiger partial charge in [-0.3, -0.25) is 14.9 Å². The number of fused-ring (bicyclic) bond motifs is 1. The van der Waals surface area contributed by atoms with Crippen LogP contribution in [0.15, 0.2) is 47.4 Å². The van der Waals surface area contributed by atoms with Crippen molar-refractivity contribution >= 4 is 22.4 Å². The van der Waals surface area contributed by atoms with Crippen molar-refractivity contribution in [2.45, 2.75) is 38.7 Å². The molecule has 28 heavy (non-hydrogen) atoms. The fourth-order valence-electron chi connectivity index (χ4n) is 3.18. The Hall–Kier alpha value is -2.93. The first-order valence-electron chi connectivity index (χ1n) is 9.38. The molecule has 0 atom stereocenters. The summed E-state index contributed by atoms with van der Waals surface area (Å²) in [5, 5.41) is 3.38. The lowest BCUT2D eigenvalue weighted by Gasteiger charge is -2.07. The zero-order chi connectivity index (χ0) is 19.3. The normalized spacial score (nSPS) is 13.4. The van der Waals surface area contributed by atoms with E-state index in [2.05, 4.69) is 15.3 Å². The molecule has 1 aliphatic carbocycles. The number of benzene rings is 1. The van der Waals surface area contributed by atoms with E-state index in [1.807, 2.05) is 30.3 Å². The summed E-state index contributed by atoms with van der Waals surface area (Å²) < 4.78 is 5.56. The van der Waals surface area contributed by atoms with Crippen LogP contribution in [0, 0.1) is 0 Å². The standard InChI is InChI=1S/C21H21N3O3S/c25-17-11-16(22-12-18(17)27-13-14-7-3-1-4-8-14)20(26)24-21-23-15-9-5-2-6-10-19(15)28-21/h1,3-4,7-8,11-12H,2,5-6,9-10,13H2,(H,22,25)(H,23,24,26). The van der Waals surface area contributed by atoms with Crippen molar-refractivity contribution < 1.29 is 9.53 Å². The van der Waals surface area contributed by atoms with Gasteiger partial charge in [-0.25, -0.2) is 4.98 Å². The monoisotopic (exact) mass is 395 g/mol. The largest absolute Gasteiger partial charge is 0.483 e. The van der Waals surface area contributed by atoms with Gasteiger partial charge in [0, 0.05) is 17.1 Å². The van der Waals surface area contributed by atoms with Gasteiger partial charge in [-0.15, -0.1) is 11.3 Å². The highest BCUT2D eigenvalue weighted by Crippen LogP contribution is 2.29. The summed E-state index contributed by atoms with van der Waals surface area (Å²) >= 11 is 1.52. The highest BCUT2D eigenvalue weighted by Gasteiger charge is 2.17. The van der Waals surface area contributed by atoms with Crippen molar-refractivity contribution in [1.29, 1.82) is 0 Å². The number of rotatable bonds is 5. The smallest absolute Gasteiger partial charge is 0.273 e. The number of aryl methyl sites for hydroxylation is 2. The summed E-state index contributed by atoms with van der Waals surface area (Å²) in [7, 11) is 0. The third kappa shape index (κ3) is 4.31. The number of hydrogen-bond donors (Lipinski definition) is 2. The lowest BCUT2D eigenvalue weighted by Crippen LogP contribution is -2.17. The molecule has 0 bridgehead atoms. The number of nitrogens with one attached hydrogen (secondary N) is 2. The number of pyridine rings is 1. The minimum atomic E-state index is -0.379. The molecular weight excluding hydrogens is 374 g/mol. The Morgan fingerprint density at radius 1 is 1.18 bits per heavy atom. The molecule has 144 valence electrons. The highest BCUT2D eigenvalue weighted by molar-refractivity contribution is 7.15. The maximum atomic E-state index is 12.5. The zero-order valence-electron chi connectivity index (χ0n) is 15.4. The third-order valence-electron chi connectivity index (χ3n) is 4.67. The van der Waals surface area contributed by atoms with Crippen LogP contribution in [-0.2, 0) is 19.4 Å². The van der Waals surface area contributed by atoms with E-state index in [0.29, 0.717) is 11.7 Å². The molecule has 2 N–H and O–H groups in total. The van der Waals surface area contributed by atoms with Gasteiger partial charge in [0.25, 0.3) is 5.91 Å². The number of carbonyl (C=O) groups is 1. The number of aromatic amines is 1. The van der Waals surface area contributed by atoms with Gasteiger partial charge in [-0.1, -0.05) is 36.8 Å². The molecule has 0 radical (unpaired) electrons. The molecule has 0 aliphatic heterocycles. The maximum Gasteiger partial charge on any atom is 0.273 e. The molecule has 0 saturated heterocycles. The van der Waals surface area contributed by atoms with E-state index >= 15 is 0 Å². The number of carbonyl (C=O) groups excluding carboxylic acids is 1. The third-order valence-corrected chi connectivity index (χ3v) is 5.75. The maximum absolute atomic E-state index is 12.5. The van der Waals surface area contributed by atoms with Gasteiger partial charge in [0.2, 0.25) is 5.43 Å². The molecule has 1 aromatic carbocycles. The highest BCUT2D eigenvalue weighted by atomic mass is 32.1. The first-order chi connectivity index (χ1) is 13.7. The van der Waals surface area contributed by atoms with Crippen LogP contribution >= 0.6 is 11.3 Å². The number of nitrogens with zero attached hydrogens (tertiary/aromatic N) is 1. The predicted molar refractivity (Wildman–Crippen MR) is 109 cm³/mol. The molecule has 0 unspecified atom stereocenters. The summed E-state index contributed by atoms with van der Waals surface area (Å²) in [6.07, 6.45) is 6.95. The summed E-state index contributed by atoms with van der Waals surface area (Å²) in [4.78, 5) is 33.4. The second kappa shape index (κ2) is 8.39. The number of ether oxygens (including phenoxy) is 1. The summed E-state index contributed by atoms with van der Waals surface area (Å²) in [5.74, 6) is -0.197. The van der Waals surface area contributed by atoms with E-state index in [4.69, 9.17) is 4.74 Å². The molecule has 6 nitrogen and oxygen atoms in total. The van der Waals surface area contributed by atoms with E-state index in [0.717, 1.165) is 30.5 Å². The predicted octanol–water partition coefficient (Wildman–Crippen LogP) is 3.93. The summed E-state index contributed by atoms with van der Waals surface area (Å²) in [5.41, 5.74) is 1.90. The van der Waals surface area contributed by atoms with Gasteiger partial charge < -0.3 is 9.72 Å². The SMILES string of the molecule is O=C(Nc1nc2c(s1)CCCCC2)c1cc(=O)c(OCc2ccccc2)c[nH]1. The summed E-state index contributed by atoms with van der Waals surface area (Å²) in [6, 6.07) is 10.8. The van der Waals surface area contributed by atoms with Crippen LogP contribution in [0.5, 0.6) is 5.75 Å². The van der Waals surface area contributed by atoms with Crippen LogP contribution in [0.4, 0.5) is 5.13 Å². The van der Waals surface area contributed by atoms with Crippen LogP contribution in [-0.4, -0.2) is 15.9 Å². The number of hydrogen-bond acceptors (Lipinski definition) is 5. The first-order valence-corrected chi connectivity index (χ1v) is 10.2. The molecule has 0 fully saturated rings. The van der Waals surface area contributed by atoms with Crippen LogP contribution in [0.1, 0.15) is 45.9 Å². The lowest BCUT2D eigenvalue weighted by molar-refractivity contribution is 0.102. The van der Waals surface area contributed by atoms with Gasteiger partial charge in [-0.05, 0) is 31.2 Å². The van der Waals surface area contributed by atoms with E-state index < -0.39 is 0 Å². The number of H-pyrrole nitrogens is 1. The Morgan fingerprint density at radius 2 is 2.00 bits per heavy atom. The second-order valence-corrected chi connectivity index (χ2v) is 7.84. The van der Waals surface area contributed by atoms with Crippen molar-refractivity contribution in [1.82, 2.24) is 9.97 Å². The van der Waals surface area contributed by atoms with Crippen LogP contribution < -0.4 is 15.5 Å². The van der Waals surface area contributed by atoms with Crippen LogP contribution in [0.25, 0.3) is 0 Å². The van der Waals surface area contributed by atoms with Crippen molar-refractivity contribution in [3.05, 3.63) is 74.6 Å². The van der Waals surface area contributed by atoms with Crippen molar-refractivity contribution in [3.63, 3.8) is 0 Å². The Kier molecular flexibility index (Phi) is 5.53. The van der Waals surface area contributed by atoms with E-state index in [1.54, 1.807) is 0 Å². The molecule has 2 heterocycles. The van der Waals surface area contributed by atoms with Crippen molar-refractivity contribution in [3.8, 4) is 5.75 Å². The first kappa shape index (κ1) is 18.4. The average molecular weight is 395 g/mol. The van der Waals surface area contributed by atoms with E-state index in [-0.39, 0.29) is 22.8 Å². The number of amides is 1. The molecule has 0 spiro atoms. The number of anilines is 1. The molecule has 4 rings (SSSR count). The minimum Gasteiger partial charge on any atom is -0.483 e. The fourth-order valence-corrected chi connectivity index (χ4v) is 4.23. The van der Waals surface area contributed by atoms with E-state index in [9.17, 15) is 9.59 Å². The van der Waals surface area contributed by atoms with Gasteiger partial charge in [-0.2, -0.15) is 0 Å². The zero-order valence-corrected chi connectivity index (χ0v) is 16.2. The van der Waals surface area contributed by atoms with E-state index in [1.165, 1.54) is 41.3 Å². The molecular formula is C21H21N3O3S. The Bertz CT molecular complexity index is 1000. The van der Waals surface area contributed by atoms with Gasteiger partial charge in [0.05, 0.1) is 5.69 Å². The molecule has 1 amide bonds. The van der Waals surface area contributed by atoms with Crippen molar-refractivity contribution in [2.24, 2.45) is 0 Å². The van der Waals surface area contributed by atoms with Gasteiger partial charge in [0.15, 0.2) is 10.9 Å². The fraction of sp³-hybridized carbons (Fsp3) is 0.286. The van der Waals surface area contributed by atoms with Crippen LogP contribution in [0.3, 0.4) is 0 Å².